The van der Waals surface area contributed by atoms with Gasteiger partial charge in [0.05, 0.1) is 6.61 Å². The molecule has 2 aromatic carbocycles. The first kappa shape index (κ1) is 22.1. The molecular formula is C25H28O5S. The molecule has 0 aliphatic carbocycles. The highest BCUT2D eigenvalue weighted by Crippen LogP contribution is 2.35. The molecule has 6 heteroatoms. The van der Waals surface area contributed by atoms with Crippen LogP contribution >= 0.6 is 11.3 Å². The van der Waals surface area contributed by atoms with Crippen molar-refractivity contribution >= 4 is 11.3 Å². The summed E-state index contributed by atoms with van der Waals surface area (Å²) in [5.74, 6) is 0. The molecule has 1 aromatic heterocycles. The molecule has 4 N–H and O–H groups in total. The highest BCUT2D eigenvalue weighted by molar-refractivity contribution is 7.15. The van der Waals surface area contributed by atoms with Crippen LogP contribution in [0.5, 0.6) is 0 Å². The zero-order valence-electron chi connectivity index (χ0n) is 17.6. The van der Waals surface area contributed by atoms with E-state index in [1.165, 1.54) is 20.9 Å². The monoisotopic (exact) mass is 440 g/mol. The summed E-state index contributed by atoms with van der Waals surface area (Å²) >= 11 is 1.76. The number of ether oxygens (including phenoxy) is 1. The average molecular weight is 441 g/mol. The standard InChI is InChI=1S/C25H28O5S/c1-14-3-6-16(7-4-14)21-10-9-19(31-21)12-18-11-17(8-5-15(18)2)25-24(29)23(28)22(27)20(13-26)30-25/h3-11,20,22-29H,12-13H2,1-2H3/t20-,22-,23+,24-,25+/m1/s1. The summed E-state index contributed by atoms with van der Waals surface area (Å²) in [4.78, 5) is 2.45. The second-order valence-corrected chi connectivity index (χ2v) is 9.41. The van der Waals surface area contributed by atoms with Crippen molar-refractivity contribution in [3.05, 3.63) is 81.7 Å². The minimum absolute atomic E-state index is 0.433. The number of aliphatic hydroxyl groups excluding tert-OH is 4. The van der Waals surface area contributed by atoms with Crippen molar-refractivity contribution in [2.24, 2.45) is 0 Å². The van der Waals surface area contributed by atoms with Gasteiger partial charge in [-0.3, -0.25) is 0 Å². The van der Waals surface area contributed by atoms with Crippen LogP contribution in [0.1, 0.15) is 33.2 Å². The molecule has 31 heavy (non-hydrogen) atoms. The van der Waals surface area contributed by atoms with E-state index in [1.54, 1.807) is 11.3 Å². The molecule has 3 aromatic rings. The van der Waals surface area contributed by atoms with E-state index >= 15 is 0 Å². The normalized spacial score (nSPS) is 26.2. The first-order chi connectivity index (χ1) is 14.9. The number of hydrogen-bond donors (Lipinski definition) is 4. The van der Waals surface area contributed by atoms with E-state index in [0.717, 1.165) is 17.5 Å². The predicted molar refractivity (Wildman–Crippen MR) is 121 cm³/mol. The van der Waals surface area contributed by atoms with E-state index in [2.05, 4.69) is 43.3 Å². The lowest BCUT2D eigenvalue weighted by molar-refractivity contribution is -0.231. The summed E-state index contributed by atoms with van der Waals surface area (Å²) in [5.41, 5.74) is 5.38. The van der Waals surface area contributed by atoms with Crippen molar-refractivity contribution in [3.63, 3.8) is 0 Å². The molecule has 0 radical (unpaired) electrons. The van der Waals surface area contributed by atoms with E-state index in [0.29, 0.717) is 5.56 Å². The fraction of sp³-hybridized carbons (Fsp3) is 0.360. The van der Waals surface area contributed by atoms with E-state index in [-0.39, 0.29) is 0 Å². The predicted octanol–water partition coefficient (Wildman–Crippen LogP) is 3.14. The lowest BCUT2D eigenvalue weighted by atomic mass is 9.89. The van der Waals surface area contributed by atoms with Crippen molar-refractivity contribution in [1.82, 2.24) is 0 Å². The number of benzene rings is 2. The van der Waals surface area contributed by atoms with E-state index in [9.17, 15) is 20.4 Å². The minimum atomic E-state index is -1.38. The Morgan fingerprint density at radius 3 is 2.32 bits per heavy atom. The van der Waals surface area contributed by atoms with Crippen LogP contribution in [0.25, 0.3) is 10.4 Å². The molecule has 0 bridgehead atoms. The second kappa shape index (κ2) is 9.20. The molecule has 164 valence electrons. The van der Waals surface area contributed by atoms with Crippen LogP contribution in [0.2, 0.25) is 0 Å². The fourth-order valence-electron chi connectivity index (χ4n) is 3.97. The SMILES string of the molecule is Cc1ccc(-c2ccc(Cc3cc([C@@H]4O[C@H](CO)[C@@H](O)[C@H](O)[C@H]4O)ccc3C)s2)cc1. The molecule has 0 amide bonds. The maximum atomic E-state index is 10.5. The Morgan fingerprint density at radius 2 is 1.61 bits per heavy atom. The molecule has 2 heterocycles. The molecular weight excluding hydrogens is 412 g/mol. The van der Waals surface area contributed by atoms with Gasteiger partial charge in [0.25, 0.3) is 0 Å². The fourth-order valence-corrected chi connectivity index (χ4v) is 5.01. The van der Waals surface area contributed by atoms with Crippen molar-refractivity contribution in [3.8, 4) is 10.4 Å². The van der Waals surface area contributed by atoms with Gasteiger partial charge in [0, 0.05) is 16.2 Å². The Balaban J connectivity index is 1.57. The quantitative estimate of drug-likeness (QED) is 0.489. The summed E-state index contributed by atoms with van der Waals surface area (Å²) in [6.07, 6.45) is -5.00. The number of hydrogen-bond acceptors (Lipinski definition) is 6. The minimum Gasteiger partial charge on any atom is -0.394 e. The van der Waals surface area contributed by atoms with Gasteiger partial charge in [0.2, 0.25) is 0 Å². The van der Waals surface area contributed by atoms with Crippen molar-refractivity contribution < 1.29 is 25.2 Å². The molecule has 5 nitrogen and oxygen atoms in total. The molecule has 1 fully saturated rings. The van der Waals surface area contributed by atoms with Crippen LogP contribution in [0.15, 0.2) is 54.6 Å². The maximum absolute atomic E-state index is 10.5. The summed E-state index contributed by atoms with van der Waals surface area (Å²) in [7, 11) is 0. The van der Waals surface area contributed by atoms with Crippen LogP contribution in [0.4, 0.5) is 0 Å². The van der Waals surface area contributed by atoms with Crippen molar-refractivity contribution in [2.45, 2.75) is 50.8 Å². The summed E-state index contributed by atoms with van der Waals surface area (Å²) < 4.78 is 5.73. The third-order valence-corrected chi connectivity index (χ3v) is 7.09. The molecule has 0 saturated carbocycles. The van der Waals surface area contributed by atoms with Crippen molar-refractivity contribution in [2.75, 3.05) is 6.61 Å². The molecule has 5 atom stereocenters. The third-order valence-electron chi connectivity index (χ3n) is 5.96. The highest BCUT2D eigenvalue weighted by Gasteiger charge is 2.43. The van der Waals surface area contributed by atoms with Gasteiger partial charge in [-0.15, -0.1) is 11.3 Å². The summed E-state index contributed by atoms with van der Waals surface area (Å²) in [5, 5.41) is 40.1. The summed E-state index contributed by atoms with van der Waals surface area (Å²) in [6, 6.07) is 18.6. The Bertz CT molecular complexity index is 1030. The topological polar surface area (TPSA) is 90.2 Å². The number of thiophene rings is 1. The Morgan fingerprint density at radius 1 is 0.871 bits per heavy atom. The maximum Gasteiger partial charge on any atom is 0.113 e. The van der Waals surface area contributed by atoms with Gasteiger partial charge < -0.3 is 25.2 Å². The van der Waals surface area contributed by atoms with Gasteiger partial charge >= 0.3 is 0 Å². The smallest absolute Gasteiger partial charge is 0.113 e. The second-order valence-electron chi connectivity index (χ2n) is 8.24. The Hall–Kier alpha value is -2.06. The Kier molecular flexibility index (Phi) is 6.57. The molecule has 0 spiro atoms. The van der Waals surface area contributed by atoms with Crippen LogP contribution in [-0.2, 0) is 11.2 Å². The van der Waals surface area contributed by atoms with Crippen LogP contribution in [-0.4, -0.2) is 51.4 Å². The molecule has 1 aliphatic heterocycles. The van der Waals surface area contributed by atoms with Gasteiger partial charge in [-0.2, -0.15) is 0 Å². The lowest BCUT2D eigenvalue weighted by Crippen LogP contribution is -2.55. The van der Waals surface area contributed by atoms with Gasteiger partial charge in [0.1, 0.15) is 30.5 Å². The zero-order chi connectivity index (χ0) is 22.1. The third kappa shape index (κ3) is 4.60. The van der Waals surface area contributed by atoms with Crippen LogP contribution in [0.3, 0.4) is 0 Å². The first-order valence-electron chi connectivity index (χ1n) is 10.4. The number of aryl methyl sites for hydroxylation is 2. The molecule has 4 rings (SSSR count). The van der Waals surface area contributed by atoms with Gasteiger partial charge in [-0.25, -0.2) is 0 Å². The number of aliphatic hydroxyl groups is 4. The zero-order valence-corrected chi connectivity index (χ0v) is 18.4. The van der Waals surface area contributed by atoms with Gasteiger partial charge in [0.15, 0.2) is 0 Å². The highest BCUT2D eigenvalue weighted by atomic mass is 32.1. The lowest BCUT2D eigenvalue weighted by Gasteiger charge is -2.40. The van der Waals surface area contributed by atoms with E-state index < -0.39 is 37.1 Å². The van der Waals surface area contributed by atoms with Gasteiger partial charge in [-0.1, -0.05) is 48.0 Å². The number of rotatable bonds is 5. The average Bonchev–Trinajstić information content (AvgIpc) is 3.23. The van der Waals surface area contributed by atoms with Crippen LogP contribution < -0.4 is 0 Å². The van der Waals surface area contributed by atoms with E-state index in [4.69, 9.17) is 4.74 Å². The van der Waals surface area contributed by atoms with Gasteiger partial charge in [-0.05, 0) is 48.2 Å². The first-order valence-corrected chi connectivity index (χ1v) is 11.2. The largest absolute Gasteiger partial charge is 0.394 e. The van der Waals surface area contributed by atoms with Crippen molar-refractivity contribution in [1.29, 1.82) is 0 Å². The van der Waals surface area contributed by atoms with E-state index in [1.807, 2.05) is 25.1 Å². The Labute approximate surface area is 186 Å². The molecule has 1 saturated heterocycles. The van der Waals surface area contributed by atoms with Crippen LogP contribution in [0, 0.1) is 13.8 Å². The molecule has 0 unspecified atom stereocenters. The molecule has 1 aliphatic rings. The summed E-state index contributed by atoms with van der Waals surface area (Å²) in [6.45, 7) is 3.69.